The van der Waals surface area contributed by atoms with Crippen LogP contribution in [0.15, 0.2) is 9.59 Å². The summed E-state index contributed by atoms with van der Waals surface area (Å²) in [5.74, 6) is -3.30. The number of carboxylic acids is 2. The Bertz CT molecular complexity index is 605. The Kier molecular flexibility index (Phi) is 9.08. The average molecular weight is 298 g/mol. The van der Waals surface area contributed by atoms with Crippen molar-refractivity contribution in [1.29, 1.82) is 0 Å². The molecule has 0 fully saturated rings. The van der Waals surface area contributed by atoms with Crippen molar-refractivity contribution in [1.82, 2.24) is 9.55 Å². The Morgan fingerprint density at radius 1 is 1.20 bits per heavy atom. The molecule has 5 N–H and O–H groups in total. The van der Waals surface area contributed by atoms with Crippen LogP contribution in [0.5, 0.6) is 0 Å². The molecule has 0 atom stereocenters. The van der Waals surface area contributed by atoms with Crippen molar-refractivity contribution in [3.05, 3.63) is 32.1 Å². The van der Waals surface area contributed by atoms with Crippen LogP contribution in [0, 0.1) is 0 Å². The Hall–Kier alpha value is -1.42. The van der Waals surface area contributed by atoms with Gasteiger partial charge in [-0.2, -0.15) is 0 Å². The summed E-state index contributed by atoms with van der Waals surface area (Å²) in [4.78, 5) is 46.5. The second kappa shape index (κ2) is 8.69. The van der Waals surface area contributed by atoms with E-state index in [2.05, 4.69) is 0 Å². The number of hydrogen-bond donors (Lipinski definition) is 3. The third-order valence-electron chi connectivity index (χ3n) is 2.35. The first-order valence-corrected chi connectivity index (χ1v) is 5.23. The third-order valence-corrected chi connectivity index (χ3v) is 2.35. The molecular weight excluding hydrogens is 283 g/mol. The molecule has 10 heteroatoms. The Morgan fingerprint density at radius 3 is 2.15 bits per heavy atom. The van der Waals surface area contributed by atoms with Gasteiger partial charge in [-0.15, -0.1) is 0 Å². The van der Waals surface area contributed by atoms with Crippen molar-refractivity contribution >= 4 is 41.5 Å². The van der Waals surface area contributed by atoms with E-state index in [-0.39, 0.29) is 41.6 Å². The molecule has 1 rings (SSSR count). The molecule has 0 aromatic carbocycles. The maximum atomic E-state index is 11.5. The number of unbranched alkanes of at least 4 members (excludes halogenated alkanes) is 1. The summed E-state index contributed by atoms with van der Waals surface area (Å²) in [5, 5.41) is 17.8. The van der Waals surface area contributed by atoms with Gasteiger partial charge in [0.2, 0.25) is 0 Å². The SMILES string of the molecule is CCCCn1c(C(=O)O)c(C(=O)O)c(=O)[nH]c1=O.O.[NaH]. The number of rotatable bonds is 5. The van der Waals surface area contributed by atoms with Gasteiger partial charge < -0.3 is 15.7 Å². The minimum absolute atomic E-state index is 0. The maximum absolute atomic E-state index is 11.5. The number of aromatic nitrogens is 2. The number of aromatic amines is 1. The molecule has 0 spiro atoms. The summed E-state index contributed by atoms with van der Waals surface area (Å²) in [5.41, 5.74) is -3.85. The van der Waals surface area contributed by atoms with Gasteiger partial charge in [-0.25, -0.2) is 14.4 Å². The van der Waals surface area contributed by atoms with Crippen molar-refractivity contribution in [2.24, 2.45) is 0 Å². The number of nitrogens with one attached hydrogen (secondary N) is 1. The second-order valence-electron chi connectivity index (χ2n) is 3.60. The summed E-state index contributed by atoms with van der Waals surface area (Å²) in [6.07, 6.45) is 1.18. The fourth-order valence-electron chi connectivity index (χ4n) is 1.52. The van der Waals surface area contributed by atoms with E-state index < -0.39 is 34.4 Å². The summed E-state index contributed by atoms with van der Waals surface area (Å²) < 4.78 is 0.761. The molecule has 0 saturated carbocycles. The van der Waals surface area contributed by atoms with Crippen LogP contribution >= 0.6 is 0 Å². The quantitative estimate of drug-likeness (QED) is 0.546. The average Bonchev–Trinajstić information content (AvgIpc) is 2.26. The molecule has 0 amide bonds. The van der Waals surface area contributed by atoms with Gasteiger partial charge in [-0.3, -0.25) is 14.3 Å². The molecule has 1 aromatic heterocycles. The first-order valence-electron chi connectivity index (χ1n) is 5.23. The second-order valence-corrected chi connectivity index (χ2v) is 3.60. The monoisotopic (exact) mass is 298 g/mol. The predicted molar refractivity (Wildman–Crippen MR) is 70.9 cm³/mol. The standard InChI is InChI=1S/C10H12N2O6.Na.H2O.H/c1-2-3-4-12-6(9(16)17)5(8(14)15)7(13)11-10(12)18;;;/h2-4H2,1H3,(H,14,15)(H,16,17)(H,11,13,18);;1H2;. The minimum atomic E-state index is -1.68. The van der Waals surface area contributed by atoms with Gasteiger partial charge in [-0.05, 0) is 6.42 Å². The molecule has 0 aliphatic carbocycles. The van der Waals surface area contributed by atoms with Crippen LogP contribution in [-0.2, 0) is 6.54 Å². The van der Waals surface area contributed by atoms with Gasteiger partial charge in [-0.1, -0.05) is 13.3 Å². The normalized spacial score (nSPS) is 9.25. The predicted octanol–water partition coefficient (Wildman–Crippen LogP) is -1.74. The topological polar surface area (TPSA) is 161 Å². The van der Waals surface area contributed by atoms with Gasteiger partial charge in [0.1, 0.15) is 0 Å². The number of hydrogen-bond acceptors (Lipinski definition) is 4. The summed E-state index contributed by atoms with van der Waals surface area (Å²) in [6, 6.07) is 0. The summed E-state index contributed by atoms with van der Waals surface area (Å²) in [6.45, 7) is 1.86. The van der Waals surface area contributed by atoms with E-state index in [4.69, 9.17) is 10.2 Å². The fourth-order valence-corrected chi connectivity index (χ4v) is 1.52. The zero-order chi connectivity index (χ0) is 13.9. The molecule has 0 bridgehead atoms. The number of aromatic carboxylic acids is 2. The number of carboxylic acid groups (broad SMARTS) is 2. The molecule has 0 aliphatic heterocycles. The molecule has 108 valence electrons. The van der Waals surface area contributed by atoms with Gasteiger partial charge in [0, 0.05) is 6.54 Å². The van der Waals surface area contributed by atoms with E-state index >= 15 is 0 Å². The molecule has 20 heavy (non-hydrogen) atoms. The van der Waals surface area contributed by atoms with E-state index in [9.17, 15) is 19.2 Å². The van der Waals surface area contributed by atoms with Gasteiger partial charge in [0.15, 0.2) is 11.3 Å². The zero-order valence-corrected chi connectivity index (χ0v) is 10.1. The van der Waals surface area contributed by atoms with Crippen molar-refractivity contribution in [3.8, 4) is 0 Å². The van der Waals surface area contributed by atoms with Crippen molar-refractivity contribution in [3.63, 3.8) is 0 Å². The van der Waals surface area contributed by atoms with Gasteiger partial charge >= 0.3 is 47.2 Å². The van der Waals surface area contributed by atoms with Crippen LogP contribution in [0.2, 0.25) is 0 Å². The first-order chi connectivity index (χ1) is 8.40. The van der Waals surface area contributed by atoms with E-state index in [1.807, 2.05) is 6.92 Å². The van der Waals surface area contributed by atoms with Crippen molar-refractivity contribution < 1.29 is 25.3 Å². The summed E-state index contributed by atoms with van der Waals surface area (Å²) in [7, 11) is 0. The Labute approximate surface area is 134 Å². The number of H-pyrrole nitrogens is 1. The number of nitrogens with zero attached hydrogens (tertiary/aromatic N) is 1. The zero-order valence-electron chi connectivity index (χ0n) is 10.1. The fraction of sp³-hybridized carbons (Fsp3) is 0.400. The van der Waals surface area contributed by atoms with Crippen LogP contribution in [0.3, 0.4) is 0 Å². The molecule has 0 saturated heterocycles. The van der Waals surface area contributed by atoms with E-state index in [1.54, 1.807) is 4.98 Å². The molecule has 9 nitrogen and oxygen atoms in total. The Morgan fingerprint density at radius 2 is 1.75 bits per heavy atom. The molecular formula is C10H15N2NaO7. The molecule has 0 radical (unpaired) electrons. The molecule has 1 aromatic rings. The van der Waals surface area contributed by atoms with Gasteiger partial charge in [0.05, 0.1) is 0 Å². The van der Waals surface area contributed by atoms with E-state index in [1.165, 1.54) is 0 Å². The van der Waals surface area contributed by atoms with Crippen LogP contribution in [-0.4, -0.2) is 66.7 Å². The molecule has 1 heterocycles. The third kappa shape index (κ3) is 4.30. The summed E-state index contributed by atoms with van der Waals surface area (Å²) >= 11 is 0. The van der Waals surface area contributed by atoms with Gasteiger partial charge in [0.25, 0.3) is 5.56 Å². The Balaban J connectivity index is 0. The number of carbonyl (C=O) groups is 2. The van der Waals surface area contributed by atoms with E-state index in [0.717, 1.165) is 4.57 Å². The molecule has 0 aliphatic rings. The van der Waals surface area contributed by atoms with Crippen molar-refractivity contribution in [2.75, 3.05) is 0 Å². The van der Waals surface area contributed by atoms with E-state index in [0.29, 0.717) is 12.8 Å². The van der Waals surface area contributed by atoms with Crippen LogP contribution in [0.1, 0.15) is 40.6 Å². The van der Waals surface area contributed by atoms with Crippen LogP contribution < -0.4 is 11.2 Å². The van der Waals surface area contributed by atoms with Crippen molar-refractivity contribution in [2.45, 2.75) is 26.3 Å². The van der Waals surface area contributed by atoms with Crippen LogP contribution in [0.4, 0.5) is 0 Å². The molecule has 0 unspecified atom stereocenters. The first kappa shape index (κ1) is 20.9. The van der Waals surface area contributed by atoms with Crippen LogP contribution in [0.25, 0.3) is 0 Å².